The lowest BCUT2D eigenvalue weighted by Crippen LogP contribution is -2.04. The molecule has 1 aromatic heterocycles. The number of carbonyl (C=O) groups is 1. The molecule has 0 aliphatic heterocycles. The highest BCUT2D eigenvalue weighted by atomic mass is 16.3. The maximum absolute atomic E-state index is 12.6. The Labute approximate surface area is 132 Å². The number of H-pyrrole nitrogens is 1. The maximum atomic E-state index is 12.6. The Kier molecular flexibility index (Phi) is 3.08. The Hall–Kier alpha value is -2.82. The molecule has 0 unspecified atom stereocenters. The van der Waals surface area contributed by atoms with E-state index >= 15 is 0 Å². The minimum Gasteiger partial charge on any atom is -0.508 e. The number of fused-ring (bicyclic) bond motifs is 1. The second-order valence-electron chi connectivity index (χ2n) is 6.02. The van der Waals surface area contributed by atoms with Crippen LogP contribution in [0.4, 0.5) is 0 Å². The molecule has 1 saturated carbocycles. The Morgan fingerprint density at radius 2 is 1.87 bits per heavy atom. The SMILES string of the molecule is O=C(Cc1ccc(O)cc1)c1ccc(O)c2[nH]c(C3CC3)nc12. The standard InChI is InChI=1S/C18H16N2O3/c21-12-5-1-10(2-6-12)9-15(23)13-7-8-14(22)17-16(13)19-18(20-17)11-3-4-11/h1-2,5-8,11,21-22H,3-4,9H2,(H,19,20). The van der Waals surface area contributed by atoms with E-state index in [1.54, 1.807) is 30.3 Å². The van der Waals surface area contributed by atoms with Crippen molar-refractivity contribution in [3.63, 3.8) is 0 Å². The van der Waals surface area contributed by atoms with E-state index in [4.69, 9.17) is 0 Å². The lowest BCUT2D eigenvalue weighted by Gasteiger charge is -2.04. The van der Waals surface area contributed by atoms with E-state index in [-0.39, 0.29) is 23.7 Å². The number of benzene rings is 2. The molecule has 23 heavy (non-hydrogen) atoms. The van der Waals surface area contributed by atoms with Crippen molar-refractivity contribution in [1.82, 2.24) is 9.97 Å². The highest BCUT2D eigenvalue weighted by Gasteiger charge is 2.28. The summed E-state index contributed by atoms with van der Waals surface area (Å²) in [6, 6.07) is 9.73. The molecular formula is C18H16N2O3. The number of nitrogens with one attached hydrogen (secondary N) is 1. The van der Waals surface area contributed by atoms with Gasteiger partial charge in [-0.05, 0) is 42.7 Å². The summed E-state index contributed by atoms with van der Waals surface area (Å²) in [5.41, 5.74) is 2.40. The number of carbonyl (C=O) groups excluding carboxylic acids is 1. The van der Waals surface area contributed by atoms with Gasteiger partial charge in [0.2, 0.25) is 0 Å². The van der Waals surface area contributed by atoms with Crippen LogP contribution in [0.25, 0.3) is 11.0 Å². The van der Waals surface area contributed by atoms with Crippen LogP contribution in [0.5, 0.6) is 11.5 Å². The molecule has 0 spiro atoms. The molecule has 0 radical (unpaired) electrons. The molecule has 0 saturated heterocycles. The maximum Gasteiger partial charge on any atom is 0.169 e. The Bertz CT molecular complexity index is 893. The zero-order valence-corrected chi connectivity index (χ0v) is 12.4. The molecule has 1 fully saturated rings. The third-order valence-electron chi connectivity index (χ3n) is 4.21. The van der Waals surface area contributed by atoms with Gasteiger partial charge in [-0.1, -0.05) is 12.1 Å². The van der Waals surface area contributed by atoms with Gasteiger partial charge in [-0.25, -0.2) is 4.98 Å². The van der Waals surface area contributed by atoms with Crippen LogP contribution in [0.1, 0.15) is 40.5 Å². The highest BCUT2D eigenvalue weighted by molar-refractivity contribution is 6.08. The van der Waals surface area contributed by atoms with Crippen LogP contribution >= 0.6 is 0 Å². The molecule has 0 amide bonds. The molecule has 3 N–H and O–H groups in total. The first kappa shape index (κ1) is 13.8. The highest BCUT2D eigenvalue weighted by Crippen LogP contribution is 2.40. The Morgan fingerprint density at radius 3 is 2.57 bits per heavy atom. The largest absolute Gasteiger partial charge is 0.508 e. The zero-order chi connectivity index (χ0) is 16.0. The molecule has 0 atom stereocenters. The van der Waals surface area contributed by atoms with E-state index in [0.717, 1.165) is 24.2 Å². The molecule has 1 aliphatic rings. The second-order valence-corrected chi connectivity index (χ2v) is 6.02. The van der Waals surface area contributed by atoms with Crippen LogP contribution in [0.2, 0.25) is 0 Å². The molecular weight excluding hydrogens is 292 g/mol. The second kappa shape index (κ2) is 5.12. The third-order valence-corrected chi connectivity index (χ3v) is 4.21. The van der Waals surface area contributed by atoms with Crippen LogP contribution in [-0.4, -0.2) is 26.0 Å². The van der Waals surface area contributed by atoms with Crippen LogP contribution < -0.4 is 0 Å². The van der Waals surface area contributed by atoms with E-state index in [9.17, 15) is 15.0 Å². The molecule has 3 aromatic rings. The first-order valence-electron chi connectivity index (χ1n) is 7.64. The average Bonchev–Trinajstić information content (AvgIpc) is 3.29. The quantitative estimate of drug-likeness (QED) is 0.646. The third kappa shape index (κ3) is 2.54. The number of imidazole rings is 1. The fraction of sp³-hybridized carbons (Fsp3) is 0.222. The monoisotopic (exact) mass is 308 g/mol. The summed E-state index contributed by atoms with van der Waals surface area (Å²) in [6.07, 6.45) is 2.42. The van der Waals surface area contributed by atoms with Gasteiger partial charge in [-0.15, -0.1) is 0 Å². The molecule has 4 rings (SSSR count). The normalized spacial score (nSPS) is 14.3. The molecule has 2 aromatic carbocycles. The average molecular weight is 308 g/mol. The Balaban J connectivity index is 1.71. The van der Waals surface area contributed by atoms with Gasteiger partial charge in [-0.2, -0.15) is 0 Å². The zero-order valence-electron chi connectivity index (χ0n) is 12.4. The number of nitrogens with zero attached hydrogens (tertiary/aromatic N) is 1. The van der Waals surface area contributed by atoms with Gasteiger partial charge >= 0.3 is 0 Å². The lowest BCUT2D eigenvalue weighted by molar-refractivity contribution is 0.0994. The fourth-order valence-electron chi connectivity index (χ4n) is 2.77. The molecule has 116 valence electrons. The summed E-state index contributed by atoms with van der Waals surface area (Å²) < 4.78 is 0. The van der Waals surface area contributed by atoms with Crippen molar-refractivity contribution in [2.75, 3.05) is 0 Å². The van der Waals surface area contributed by atoms with E-state index in [2.05, 4.69) is 9.97 Å². The smallest absolute Gasteiger partial charge is 0.169 e. The number of aromatic amines is 1. The molecule has 0 bridgehead atoms. The number of rotatable bonds is 4. The summed E-state index contributed by atoms with van der Waals surface area (Å²) in [6.45, 7) is 0. The first-order valence-corrected chi connectivity index (χ1v) is 7.64. The van der Waals surface area contributed by atoms with Gasteiger partial charge in [-0.3, -0.25) is 4.79 Å². The lowest BCUT2D eigenvalue weighted by atomic mass is 10.0. The number of aromatic nitrogens is 2. The molecule has 1 aliphatic carbocycles. The van der Waals surface area contributed by atoms with Crippen molar-refractivity contribution in [3.8, 4) is 11.5 Å². The van der Waals surface area contributed by atoms with Gasteiger partial charge in [0.15, 0.2) is 5.78 Å². The van der Waals surface area contributed by atoms with Crippen LogP contribution in [0.3, 0.4) is 0 Å². The predicted molar refractivity (Wildman–Crippen MR) is 85.9 cm³/mol. The molecule has 5 nitrogen and oxygen atoms in total. The van der Waals surface area contributed by atoms with Crippen molar-refractivity contribution in [2.45, 2.75) is 25.2 Å². The number of phenolic OH excluding ortho intramolecular Hbond substituents is 2. The summed E-state index contributed by atoms with van der Waals surface area (Å²) in [7, 11) is 0. The summed E-state index contributed by atoms with van der Waals surface area (Å²) in [4.78, 5) is 20.3. The van der Waals surface area contributed by atoms with Gasteiger partial charge < -0.3 is 15.2 Å². The van der Waals surface area contributed by atoms with Crippen molar-refractivity contribution in [2.24, 2.45) is 0 Å². The Morgan fingerprint density at radius 1 is 1.13 bits per heavy atom. The van der Waals surface area contributed by atoms with Crippen molar-refractivity contribution >= 4 is 16.8 Å². The van der Waals surface area contributed by atoms with E-state index in [1.165, 1.54) is 6.07 Å². The summed E-state index contributed by atoms with van der Waals surface area (Å²) in [5.74, 6) is 1.49. The van der Waals surface area contributed by atoms with Gasteiger partial charge in [0.25, 0.3) is 0 Å². The number of hydrogen-bond acceptors (Lipinski definition) is 4. The predicted octanol–water partition coefficient (Wildman–Crippen LogP) is 3.28. The summed E-state index contributed by atoms with van der Waals surface area (Å²) >= 11 is 0. The van der Waals surface area contributed by atoms with Crippen LogP contribution in [0, 0.1) is 0 Å². The van der Waals surface area contributed by atoms with Crippen molar-refractivity contribution in [3.05, 3.63) is 53.3 Å². The van der Waals surface area contributed by atoms with Crippen LogP contribution in [0.15, 0.2) is 36.4 Å². The van der Waals surface area contributed by atoms with Crippen molar-refractivity contribution in [1.29, 1.82) is 0 Å². The van der Waals surface area contributed by atoms with E-state index in [1.807, 2.05) is 0 Å². The van der Waals surface area contributed by atoms with E-state index in [0.29, 0.717) is 22.5 Å². The van der Waals surface area contributed by atoms with E-state index < -0.39 is 0 Å². The number of hydrogen-bond donors (Lipinski definition) is 3. The van der Waals surface area contributed by atoms with Gasteiger partial charge in [0.05, 0.1) is 0 Å². The number of phenols is 2. The number of ketones is 1. The number of aromatic hydroxyl groups is 2. The van der Waals surface area contributed by atoms with Crippen molar-refractivity contribution < 1.29 is 15.0 Å². The number of Topliss-reactive ketones (excluding diaryl/α,β-unsaturated/α-hetero) is 1. The van der Waals surface area contributed by atoms with Crippen LogP contribution in [-0.2, 0) is 6.42 Å². The molecule has 1 heterocycles. The van der Waals surface area contributed by atoms with Gasteiger partial charge in [0.1, 0.15) is 28.4 Å². The first-order chi connectivity index (χ1) is 11.1. The topological polar surface area (TPSA) is 86.2 Å². The molecule has 5 heteroatoms. The fourth-order valence-corrected chi connectivity index (χ4v) is 2.77. The van der Waals surface area contributed by atoms with Gasteiger partial charge in [0, 0.05) is 17.9 Å². The minimum atomic E-state index is -0.0606. The summed E-state index contributed by atoms with van der Waals surface area (Å²) in [5, 5.41) is 19.3. The minimum absolute atomic E-state index is 0.0606.